The van der Waals surface area contributed by atoms with Crippen molar-refractivity contribution in [2.24, 2.45) is 5.92 Å². The van der Waals surface area contributed by atoms with Gasteiger partial charge >= 0.3 is 6.09 Å². The molecule has 0 saturated carbocycles. The number of fused-ring (bicyclic) bond motifs is 1. The molecule has 0 aromatic heterocycles. The third-order valence-corrected chi connectivity index (χ3v) is 2.66. The number of nitrogens with one attached hydrogen (secondary N) is 1. The number of amides is 1. The highest BCUT2D eigenvalue weighted by Crippen LogP contribution is 2.30. The number of aliphatic hydroxyl groups is 1. The quantitative estimate of drug-likeness (QED) is 0.580. The van der Waals surface area contributed by atoms with Crippen molar-refractivity contribution in [3.63, 3.8) is 0 Å². The first-order chi connectivity index (χ1) is 6.22. The van der Waals surface area contributed by atoms with E-state index in [1.165, 1.54) is 0 Å². The van der Waals surface area contributed by atoms with E-state index in [1.54, 1.807) is 0 Å². The molecule has 5 nitrogen and oxygen atoms in total. The smallest absolute Gasteiger partial charge is 0.407 e. The summed E-state index contributed by atoms with van der Waals surface area (Å²) in [5, 5.41) is 11.6. The molecule has 1 unspecified atom stereocenters. The lowest BCUT2D eigenvalue weighted by Gasteiger charge is -2.27. The van der Waals surface area contributed by atoms with Crippen LogP contribution in [0.25, 0.3) is 0 Å². The van der Waals surface area contributed by atoms with Crippen LogP contribution in [-0.4, -0.2) is 42.7 Å². The average Bonchev–Trinajstić information content (AvgIpc) is 2.43. The highest BCUT2D eigenvalue weighted by Gasteiger charge is 2.46. The number of alkyl carbamates (subject to hydrolysis) is 1. The Morgan fingerprint density at radius 3 is 3.15 bits per heavy atom. The van der Waals surface area contributed by atoms with Crippen LogP contribution in [0.1, 0.15) is 6.92 Å². The Labute approximate surface area is 76.0 Å². The van der Waals surface area contributed by atoms with Gasteiger partial charge in [-0.05, 0) is 6.92 Å². The molecule has 2 fully saturated rings. The fourth-order valence-electron chi connectivity index (χ4n) is 1.99. The van der Waals surface area contributed by atoms with E-state index in [-0.39, 0.29) is 30.8 Å². The molecule has 4 atom stereocenters. The van der Waals surface area contributed by atoms with Gasteiger partial charge in [-0.3, -0.25) is 0 Å². The first-order valence-corrected chi connectivity index (χ1v) is 4.43. The molecule has 2 heterocycles. The second kappa shape index (κ2) is 3.16. The Morgan fingerprint density at radius 2 is 2.46 bits per heavy atom. The minimum Gasteiger partial charge on any atom is -0.443 e. The zero-order chi connectivity index (χ0) is 9.42. The predicted octanol–water partition coefficient (Wildman–Crippen LogP) is -0.509. The molecule has 0 aromatic rings. The summed E-state index contributed by atoms with van der Waals surface area (Å²) in [4.78, 5) is 10.9. The molecule has 0 spiro atoms. The zero-order valence-corrected chi connectivity index (χ0v) is 7.40. The van der Waals surface area contributed by atoms with Crippen LogP contribution in [0.4, 0.5) is 4.79 Å². The Balaban J connectivity index is 2.09. The molecule has 0 bridgehead atoms. The lowest BCUT2D eigenvalue weighted by molar-refractivity contribution is -0.00302. The summed E-state index contributed by atoms with van der Waals surface area (Å²) >= 11 is 0. The Kier molecular flexibility index (Phi) is 2.13. The maximum absolute atomic E-state index is 10.9. The molecule has 0 aromatic carbocycles. The van der Waals surface area contributed by atoms with Crippen LogP contribution in [0.15, 0.2) is 0 Å². The van der Waals surface area contributed by atoms with Crippen LogP contribution >= 0.6 is 0 Å². The van der Waals surface area contributed by atoms with Crippen LogP contribution in [0.5, 0.6) is 0 Å². The summed E-state index contributed by atoms with van der Waals surface area (Å²) in [6.07, 6.45) is -0.921. The van der Waals surface area contributed by atoms with Gasteiger partial charge in [0.15, 0.2) is 0 Å². The second-order valence-corrected chi connectivity index (χ2v) is 3.48. The topological polar surface area (TPSA) is 67.8 Å². The van der Waals surface area contributed by atoms with E-state index >= 15 is 0 Å². The molecule has 2 N–H and O–H groups in total. The molecular formula is C8H13NO4. The lowest BCUT2D eigenvalue weighted by atomic mass is 9.96. The van der Waals surface area contributed by atoms with Crippen molar-refractivity contribution in [2.75, 3.05) is 13.2 Å². The fourth-order valence-corrected chi connectivity index (χ4v) is 1.99. The Hall–Kier alpha value is -0.810. The highest BCUT2D eigenvalue weighted by molar-refractivity contribution is 5.68. The van der Waals surface area contributed by atoms with Gasteiger partial charge in [0.2, 0.25) is 0 Å². The van der Waals surface area contributed by atoms with E-state index in [0.29, 0.717) is 6.54 Å². The summed E-state index contributed by atoms with van der Waals surface area (Å²) in [7, 11) is 0. The van der Waals surface area contributed by atoms with Gasteiger partial charge in [-0.1, -0.05) is 0 Å². The molecule has 74 valence electrons. The fraction of sp³-hybridized carbons (Fsp3) is 0.875. The zero-order valence-electron chi connectivity index (χ0n) is 7.40. The van der Waals surface area contributed by atoms with Gasteiger partial charge in [0.1, 0.15) is 6.10 Å². The standard InChI is InChI=1S/C8H13NO4/c1-4-7-5(6(3-10)12-4)2-9-8(11)13-7/h4-7,10H,2-3H2,1H3,(H,9,11)/t4-,5-,6+,7?/m0/s1. The summed E-state index contributed by atoms with van der Waals surface area (Å²) in [5.74, 6) is 0.0812. The maximum atomic E-state index is 10.9. The van der Waals surface area contributed by atoms with E-state index in [4.69, 9.17) is 14.6 Å². The number of ether oxygens (including phenoxy) is 2. The van der Waals surface area contributed by atoms with E-state index in [1.807, 2.05) is 6.92 Å². The number of hydrogen-bond acceptors (Lipinski definition) is 4. The third kappa shape index (κ3) is 1.38. The van der Waals surface area contributed by atoms with Crippen molar-refractivity contribution in [1.29, 1.82) is 0 Å². The molecule has 2 aliphatic heterocycles. The largest absolute Gasteiger partial charge is 0.443 e. The number of hydrogen-bond donors (Lipinski definition) is 2. The van der Waals surface area contributed by atoms with E-state index < -0.39 is 6.09 Å². The molecule has 13 heavy (non-hydrogen) atoms. The van der Waals surface area contributed by atoms with Crippen molar-refractivity contribution in [3.8, 4) is 0 Å². The summed E-state index contributed by atoms with van der Waals surface area (Å²) in [6, 6.07) is 0. The Bertz CT molecular complexity index is 220. The van der Waals surface area contributed by atoms with Crippen LogP contribution in [0.2, 0.25) is 0 Å². The van der Waals surface area contributed by atoms with Crippen molar-refractivity contribution >= 4 is 6.09 Å². The minimum absolute atomic E-state index is 0.0231. The number of carbonyl (C=O) groups is 1. The SMILES string of the molecule is C[C@@H]1O[C@H](CO)[C@@H]2CNC(=O)OC12. The number of rotatable bonds is 1. The van der Waals surface area contributed by atoms with Crippen LogP contribution in [0.3, 0.4) is 0 Å². The van der Waals surface area contributed by atoms with Crippen LogP contribution in [-0.2, 0) is 9.47 Å². The predicted molar refractivity (Wildman–Crippen MR) is 43.2 cm³/mol. The van der Waals surface area contributed by atoms with Gasteiger partial charge < -0.3 is 19.9 Å². The van der Waals surface area contributed by atoms with Crippen molar-refractivity contribution in [2.45, 2.75) is 25.2 Å². The Morgan fingerprint density at radius 1 is 1.69 bits per heavy atom. The third-order valence-electron chi connectivity index (χ3n) is 2.66. The normalized spacial score (nSPS) is 43.7. The van der Waals surface area contributed by atoms with Crippen LogP contribution < -0.4 is 5.32 Å². The average molecular weight is 187 g/mol. The highest BCUT2D eigenvalue weighted by atomic mass is 16.6. The molecule has 0 radical (unpaired) electrons. The lowest BCUT2D eigenvalue weighted by Crippen LogP contribution is -2.48. The van der Waals surface area contributed by atoms with Crippen LogP contribution in [0, 0.1) is 5.92 Å². The van der Waals surface area contributed by atoms with E-state index in [0.717, 1.165) is 0 Å². The summed E-state index contributed by atoms with van der Waals surface area (Å²) in [6.45, 7) is 2.36. The van der Waals surface area contributed by atoms with Gasteiger partial charge in [-0.25, -0.2) is 4.79 Å². The first-order valence-electron chi connectivity index (χ1n) is 4.43. The molecule has 1 amide bonds. The van der Waals surface area contributed by atoms with Gasteiger partial charge in [-0.15, -0.1) is 0 Å². The molecule has 0 aliphatic carbocycles. The first kappa shape index (κ1) is 8.77. The molecule has 2 aliphatic rings. The van der Waals surface area contributed by atoms with Gasteiger partial charge in [0.05, 0.1) is 18.8 Å². The molecule has 2 rings (SSSR count). The van der Waals surface area contributed by atoms with Gasteiger partial charge in [-0.2, -0.15) is 0 Å². The molecular weight excluding hydrogens is 174 g/mol. The summed E-state index contributed by atoms with van der Waals surface area (Å²) < 4.78 is 10.5. The molecule has 5 heteroatoms. The minimum atomic E-state index is -0.393. The maximum Gasteiger partial charge on any atom is 0.407 e. The van der Waals surface area contributed by atoms with Crippen molar-refractivity contribution < 1.29 is 19.4 Å². The van der Waals surface area contributed by atoms with E-state index in [9.17, 15) is 4.79 Å². The molecule has 2 saturated heterocycles. The van der Waals surface area contributed by atoms with Gasteiger partial charge in [0, 0.05) is 12.5 Å². The number of carbonyl (C=O) groups excluding carboxylic acids is 1. The monoisotopic (exact) mass is 187 g/mol. The van der Waals surface area contributed by atoms with Gasteiger partial charge in [0.25, 0.3) is 0 Å². The second-order valence-electron chi connectivity index (χ2n) is 3.48. The number of aliphatic hydroxyl groups excluding tert-OH is 1. The summed E-state index contributed by atoms with van der Waals surface area (Å²) in [5.41, 5.74) is 0. The van der Waals surface area contributed by atoms with Crippen molar-refractivity contribution in [3.05, 3.63) is 0 Å². The van der Waals surface area contributed by atoms with Crippen molar-refractivity contribution in [1.82, 2.24) is 5.32 Å². The van der Waals surface area contributed by atoms with E-state index in [2.05, 4.69) is 5.32 Å².